The van der Waals surface area contributed by atoms with E-state index in [2.05, 4.69) is 0 Å². The fourth-order valence-corrected chi connectivity index (χ4v) is 2.02. The number of ketones is 1. The number of nitrogen functional groups attached to an aromatic ring is 1. The van der Waals surface area contributed by atoms with E-state index in [9.17, 15) is 14.0 Å². The van der Waals surface area contributed by atoms with Crippen molar-refractivity contribution in [3.05, 3.63) is 63.9 Å². The predicted molar refractivity (Wildman–Crippen MR) is 74.2 cm³/mol. The molecule has 0 atom stereocenters. The largest absolute Gasteiger partial charge is 0.397 e. The fraction of sp³-hybridized carbons (Fsp3) is 0. The van der Waals surface area contributed by atoms with Crippen molar-refractivity contribution in [2.45, 2.75) is 0 Å². The number of anilines is 1. The van der Waals surface area contributed by atoms with Crippen molar-refractivity contribution >= 4 is 29.0 Å². The summed E-state index contributed by atoms with van der Waals surface area (Å²) in [4.78, 5) is 23.5. The van der Waals surface area contributed by atoms with Crippen LogP contribution < -0.4 is 11.5 Å². The van der Waals surface area contributed by atoms with Crippen molar-refractivity contribution in [2.75, 3.05) is 5.73 Å². The van der Waals surface area contributed by atoms with Crippen LogP contribution in [0.2, 0.25) is 5.02 Å². The van der Waals surface area contributed by atoms with E-state index in [1.54, 1.807) is 30.3 Å². The zero-order chi connectivity index (χ0) is 14.9. The van der Waals surface area contributed by atoms with Gasteiger partial charge in [-0.3, -0.25) is 9.59 Å². The van der Waals surface area contributed by atoms with Gasteiger partial charge in [0.2, 0.25) is 0 Å². The average molecular weight is 293 g/mol. The Bertz CT molecular complexity index is 702. The van der Waals surface area contributed by atoms with Crippen LogP contribution in [0.1, 0.15) is 26.3 Å². The second-order valence-corrected chi connectivity index (χ2v) is 4.48. The molecule has 2 aromatic carbocycles. The van der Waals surface area contributed by atoms with Crippen LogP contribution in [0.25, 0.3) is 0 Å². The van der Waals surface area contributed by atoms with Crippen LogP contribution in [0.15, 0.2) is 36.4 Å². The molecule has 0 aliphatic rings. The van der Waals surface area contributed by atoms with Crippen molar-refractivity contribution in [3.8, 4) is 0 Å². The lowest BCUT2D eigenvalue weighted by Gasteiger charge is -2.11. The van der Waals surface area contributed by atoms with Gasteiger partial charge in [-0.05, 0) is 6.07 Å². The standard InChI is InChI=1S/C14H10ClFN2O2/c15-9-6-8(12(17)10(11(9)16)14(18)20)13(19)7-4-2-1-3-5-7/h1-6H,17H2,(H2,18,20). The number of carbonyl (C=O) groups excluding carboxylic acids is 2. The maximum Gasteiger partial charge on any atom is 0.253 e. The topological polar surface area (TPSA) is 86.2 Å². The first-order valence-corrected chi connectivity index (χ1v) is 5.98. The number of hydrogen-bond donors (Lipinski definition) is 2. The zero-order valence-corrected chi connectivity index (χ0v) is 10.9. The van der Waals surface area contributed by atoms with Gasteiger partial charge in [0.05, 0.1) is 10.7 Å². The molecule has 0 radical (unpaired) electrons. The third-order valence-corrected chi connectivity index (χ3v) is 3.06. The molecule has 0 saturated carbocycles. The van der Waals surface area contributed by atoms with Crippen LogP contribution in [0.4, 0.5) is 10.1 Å². The van der Waals surface area contributed by atoms with Gasteiger partial charge in [0, 0.05) is 11.1 Å². The molecule has 1 amide bonds. The highest BCUT2D eigenvalue weighted by Crippen LogP contribution is 2.29. The molecule has 2 aromatic rings. The first kappa shape index (κ1) is 14.0. The number of carbonyl (C=O) groups is 2. The average Bonchev–Trinajstić information content (AvgIpc) is 2.43. The minimum Gasteiger partial charge on any atom is -0.397 e. The van der Waals surface area contributed by atoms with Gasteiger partial charge in [-0.15, -0.1) is 0 Å². The third-order valence-electron chi connectivity index (χ3n) is 2.79. The van der Waals surface area contributed by atoms with E-state index >= 15 is 0 Å². The number of benzene rings is 2. The number of primary amides is 1. The van der Waals surface area contributed by atoms with Gasteiger partial charge < -0.3 is 11.5 Å². The summed E-state index contributed by atoms with van der Waals surface area (Å²) < 4.78 is 13.7. The number of halogens is 2. The van der Waals surface area contributed by atoms with Crippen molar-refractivity contribution in [1.82, 2.24) is 0 Å². The summed E-state index contributed by atoms with van der Waals surface area (Å²) in [6, 6.07) is 9.32. The second-order valence-electron chi connectivity index (χ2n) is 4.07. The van der Waals surface area contributed by atoms with Crippen LogP contribution >= 0.6 is 11.6 Å². The molecular formula is C14H10ClFN2O2. The third kappa shape index (κ3) is 2.35. The van der Waals surface area contributed by atoms with Gasteiger partial charge in [0.1, 0.15) is 5.56 Å². The molecule has 4 nitrogen and oxygen atoms in total. The van der Waals surface area contributed by atoms with E-state index in [1.165, 1.54) is 0 Å². The highest BCUT2D eigenvalue weighted by molar-refractivity contribution is 6.32. The molecule has 0 unspecified atom stereocenters. The van der Waals surface area contributed by atoms with Crippen LogP contribution in [-0.2, 0) is 0 Å². The van der Waals surface area contributed by atoms with Gasteiger partial charge in [-0.25, -0.2) is 4.39 Å². The Hall–Kier alpha value is -2.40. The number of nitrogens with two attached hydrogens (primary N) is 2. The second kappa shape index (κ2) is 5.30. The van der Waals surface area contributed by atoms with E-state index in [0.717, 1.165) is 6.07 Å². The normalized spacial score (nSPS) is 10.3. The summed E-state index contributed by atoms with van der Waals surface area (Å²) in [5.74, 6) is -2.57. The quantitative estimate of drug-likeness (QED) is 0.673. The van der Waals surface area contributed by atoms with Crippen LogP contribution in [0, 0.1) is 5.82 Å². The van der Waals surface area contributed by atoms with E-state index in [0.29, 0.717) is 5.56 Å². The molecule has 0 saturated heterocycles. The van der Waals surface area contributed by atoms with Crippen LogP contribution in [0.3, 0.4) is 0 Å². The molecule has 0 spiro atoms. The highest BCUT2D eigenvalue weighted by atomic mass is 35.5. The molecule has 0 fully saturated rings. The maximum absolute atomic E-state index is 13.7. The first-order valence-electron chi connectivity index (χ1n) is 5.60. The predicted octanol–water partition coefficient (Wildman–Crippen LogP) is 2.39. The van der Waals surface area contributed by atoms with Crippen LogP contribution in [0.5, 0.6) is 0 Å². The van der Waals surface area contributed by atoms with E-state index in [-0.39, 0.29) is 16.3 Å². The highest BCUT2D eigenvalue weighted by Gasteiger charge is 2.23. The Balaban J connectivity index is 2.64. The molecule has 102 valence electrons. The van der Waals surface area contributed by atoms with Gasteiger partial charge in [0.25, 0.3) is 5.91 Å². The molecule has 4 N–H and O–H groups in total. The summed E-state index contributed by atoms with van der Waals surface area (Å²) in [6.07, 6.45) is 0. The van der Waals surface area contributed by atoms with Gasteiger partial charge in [0.15, 0.2) is 11.6 Å². The lowest BCUT2D eigenvalue weighted by Crippen LogP contribution is -2.19. The molecule has 6 heteroatoms. The monoisotopic (exact) mass is 292 g/mol. The molecule has 20 heavy (non-hydrogen) atoms. The Morgan fingerprint density at radius 1 is 1.15 bits per heavy atom. The number of hydrogen-bond acceptors (Lipinski definition) is 3. The molecule has 2 rings (SSSR count). The lowest BCUT2D eigenvalue weighted by atomic mass is 9.98. The van der Waals surface area contributed by atoms with Gasteiger partial charge in [-0.1, -0.05) is 41.9 Å². The Labute approximate surface area is 119 Å². The minimum absolute atomic E-state index is 0.0589. The summed E-state index contributed by atoms with van der Waals surface area (Å²) in [5, 5.41) is -0.382. The Kier molecular flexibility index (Phi) is 3.72. The van der Waals surface area contributed by atoms with E-state index in [4.69, 9.17) is 23.1 Å². The van der Waals surface area contributed by atoms with Crippen molar-refractivity contribution < 1.29 is 14.0 Å². The number of rotatable bonds is 3. The molecule has 0 heterocycles. The minimum atomic E-state index is -1.08. The zero-order valence-electron chi connectivity index (χ0n) is 10.2. The number of amides is 1. The molecular weight excluding hydrogens is 283 g/mol. The maximum atomic E-state index is 13.7. The molecule has 0 aliphatic carbocycles. The van der Waals surface area contributed by atoms with Crippen molar-refractivity contribution in [3.63, 3.8) is 0 Å². The smallest absolute Gasteiger partial charge is 0.253 e. The summed E-state index contributed by atoms with van der Waals surface area (Å²) in [5.41, 5.74) is 10.1. The fourth-order valence-electron chi connectivity index (χ4n) is 1.81. The van der Waals surface area contributed by atoms with E-state index < -0.39 is 23.1 Å². The summed E-state index contributed by atoms with van der Waals surface area (Å²) in [7, 11) is 0. The lowest BCUT2D eigenvalue weighted by molar-refractivity contribution is 0.0997. The Morgan fingerprint density at radius 2 is 1.75 bits per heavy atom. The molecule has 0 aromatic heterocycles. The SMILES string of the molecule is NC(=O)c1c(N)c(C(=O)c2ccccc2)cc(Cl)c1F. The van der Waals surface area contributed by atoms with Crippen molar-refractivity contribution in [2.24, 2.45) is 5.73 Å². The first-order chi connectivity index (χ1) is 9.43. The van der Waals surface area contributed by atoms with Crippen LogP contribution in [-0.4, -0.2) is 11.7 Å². The van der Waals surface area contributed by atoms with Gasteiger partial charge in [-0.2, -0.15) is 0 Å². The van der Waals surface area contributed by atoms with Gasteiger partial charge >= 0.3 is 0 Å². The Morgan fingerprint density at radius 3 is 2.30 bits per heavy atom. The summed E-state index contributed by atoms with van der Waals surface area (Å²) >= 11 is 5.68. The molecule has 0 aliphatic heterocycles. The van der Waals surface area contributed by atoms with Crippen molar-refractivity contribution in [1.29, 1.82) is 0 Å². The van der Waals surface area contributed by atoms with E-state index in [1.807, 2.05) is 0 Å². The molecule has 0 bridgehead atoms. The summed E-state index contributed by atoms with van der Waals surface area (Å²) in [6.45, 7) is 0.